The summed E-state index contributed by atoms with van der Waals surface area (Å²) in [7, 11) is 0. The lowest BCUT2D eigenvalue weighted by atomic mass is 10.00. The Balaban J connectivity index is 1.87. The van der Waals surface area contributed by atoms with Crippen molar-refractivity contribution < 1.29 is 18.3 Å². The molecule has 1 amide bonds. The van der Waals surface area contributed by atoms with Crippen LogP contribution in [0.15, 0.2) is 0 Å². The van der Waals surface area contributed by atoms with Crippen LogP contribution in [0.4, 0.5) is 13.6 Å². The standard InChI is InChI=1S/C14H25F2N3O2/c1-13(2,3)21-12(20)19-8-6-18(7-9-19)11-4-5-17-10-14(11,15)16/h11,17H,4-10H2,1-3H3. The number of alkyl halides is 2. The van der Waals surface area contributed by atoms with E-state index in [-0.39, 0.29) is 12.6 Å². The maximum absolute atomic E-state index is 13.9. The highest BCUT2D eigenvalue weighted by atomic mass is 19.3. The van der Waals surface area contributed by atoms with Crippen LogP contribution in [0.5, 0.6) is 0 Å². The van der Waals surface area contributed by atoms with Gasteiger partial charge in [0.1, 0.15) is 5.60 Å². The molecule has 2 fully saturated rings. The van der Waals surface area contributed by atoms with Gasteiger partial charge in [0.25, 0.3) is 5.92 Å². The summed E-state index contributed by atoms with van der Waals surface area (Å²) in [4.78, 5) is 15.4. The molecular weight excluding hydrogens is 280 g/mol. The van der Waals surface area contributed by atoms with Crippen molar-refractivity contribution >= 4 is 6.09 Å². The summed E-state index contributed by atoms with van der Waals surface area (Å²) in [5.74, 6) is -2.70. The van der Waals surface area contributed by atoms with Crippen molar-refractivity contribution in [3.05, 3.63) is 0 Å². The van der Waals surface area contributed by atoms with E-state index in [1.54, 1.807) is 4.90 Å². The van der Waals surface area contributed by atoms with Crippen molar-refractivity contribution in [1.29, 1.82) is 0 Å². The fourth-order valence-electron chi connectivity index (χ4n) is 2.82. The van der Waals surface area contributed by atoms with Crippen LogP contribution in [0.1, 0.15) is 27.2 Å². The highest BCUT2D eigenvalue weighted by molar-refractivity contribution is 5.68. The zero-order chi connectivity index (χ0) is 15.7. The first-order chi connectivity index (χ1) is 9.69. The monoisotopic (exact) mass is 305 g/mol. The van der Waals surface area contributed by atoms with Crippen LogP contribution in [0.3, 0.4) is 0 Å². The largest absolute Gasteiger partial charge is 0.444 e. The van der Waals surface area contributed by atoms with Crippen molar-refractivity contribution in [2.24, 2.45) is 0 Å². The summed E-state index contributed by atoms with van der Waals surface area (Å²) in [6, 6.07) is -0.723. The average Bonchev–Trinajstić information content (AvgIpc) is 2.36. The van der Waals surface area contributed by atoms with Crippen molar-refractivity contribution in [1.82, 2.24) is 15.1 Å². The third-order valence-corrected chi connectivity index (χ3v) is 3.85. The number of amides is 1. The van der Waals surface area contributed by atoms with Gasteiger partial charge >= 0.3 is 6.09 Å². The van der Waals surface area contributed by atoms with Gasteiger partial charge in [-0.3, -0.25) is 4.90 Å². The molecule has 1 atom stereocenters. The second-order valence-corrected chi connectivity index (χ2v) is 6.75. The number of halogens is 2. The van der Waals surface area contributed by atoms with E-state index in [4.69, 9.17) is 4.74 Å². The number of piperidine rings is 1. The lowest BCUT2D eigenvalue weighted by molar-refractivity contribution is -0.103. The van der Waals surface area contributed by atoms with Crippen LogP contribution in [-0.4, -0.2) is 72.7 Å². The van der Waals surface area contributed by atoms with Crippen LogP contribution >= 0.6 is 0 Å². The highest BCUT2D eigenvalue weighted by Crippen LogP contribution is 2.28. The second kappa shape index (κ2) is 6.04. The minimum Gasteiger partial charge on any atom is -0.444 e. The third kappa shape index (κ3) is 4.26. The van der Waals surface area contributed by atoms with Gasteiger partial charge in [0, 0.05) is 26.2 Å². The van der Waals surface area contributed by atoms with E-state index in [0.29, 0.717) is 39.1 Å². The molecule has 2 saturated heterocycles. The molecule has 122 valence electrons. The Bertz CT molecular complexity index is 377. The van der Waals surface area contributed by atoms with Crippen LogP contribution in [0.25, 0.3) is 0 Å². The van der Waals surface area contributed by atoms with Gasteiger partial charge in [0.15, 0.2) is 0 Å². The Kier molecular flexibility index (Phi) is 4.72. The molecule has 0 aliphatic carbocycles. The van der Waals surface area contributed by atoms with Crippen molar-refractivity contribution in [2.75, 3.05) is 39.3 Å². The summed E-state index contributed by atoms with van der Waals surface area (Å²) in [6.07, 6.45) is 0.0821. The van der Waals surface area contributed by atoms with Crippen molar-refractivity contribution in [2.45, 2.75) is 44.8 Å². The lowest BCUT2D eigenvalue weighted by Gasteiger charge is -2.44. The topological polar surface area (TPSA) is 44.8 Å². The summed E-state index contributed by atoms with van der Waals surface area (Å²) < 4.78 is 33.2. The van der Waals surface area contributed by atoms with Crippen LogP contribution in [0, 0.1) is 0 Å². The highest BCUT2D eigenvalue weighted by Gasteiger charge is 2.45. The van der Waals surface area contributed by atoms with Gasteiger partial charge in [-0.2, -0.15) is 0 Å². The SMILES string of the molecule is CC(C)(C)OC(=O)N1CCN(C2CCNCC2(F)F)CC1. The Morgan fingerprint density at radius 2 is 1.86 bits per heavy atom. The fourth-order valence-corrected chi connectivity index (χ4v) is 2.82. The Labute approximate surface area is 124 Å². The zero-order valence-electron chi connectivity index (χ0n) is 13.0. The first-order valence-corrected chi connectivity index (χ1v) is 7.49. The van der Waals surface area contributed by atoms with Crippen molar-refractivity contribution in [3.8, 4) is 0 Å². The molecule has 5 nitrogen and oxygen atoms in total. The number of nitrogens with zero attached hydrogens (tertiary/aromatic N) is 2. The van der Waals surface area contributed by atoms with Gasteiger partial charge < -0.3 is 15.0 Å². The van der Waals surface area contributed by atoms with E-state index in [9.17, 15) is 13.6 Å². The fraction of sp³-hybridized carbons (Fsp3) is 0.929. The van der Waals surface area contributed by atoms with Crippen LogP contribution in [0.2, 0.25) is 0 Å². The Morgan fingerprint density at radius 1 is 1.24 bits per heavy atom. The predicted molar refractivity (Wildman–Crippen MR) is 75.6 cm³/mol. The lowest BCUT2D eigenvalue weighted by Crippen LogP contribution is -2.61. The first kappa shape index (κ1) is 16.4. The summed E-state index contributed by atoms with van der Waals surface area (Å²) in [5, 5.41) is 2.74. The molecule has 2 heterocycles. The summed E-state index contributed by atoms with van der Waals surface area (Å²) in [6.45, 7) is 7.63. The molecule has 7 heteroatoms. The number of hydrogen-bond donors (Lipinski definition) is 1. The minimum atomic E-state index is -2.70. The Morgan fingerprint density at radius 3 is 2.38 bits per heavy atom. The number of carbonyl (C=O) groups excluding carboxylic acids is 1. The average molecular weight is 305 g/mol. The van der Waals surface area contributed by atoms with Gasteiger partial charge in [-0.25, -0.2) is 13.6 Å². The molecule has 2 rings (SSSR count). The maximum atomic E-state index is 13.9. The number of rotatable bonds is 1. The molecule has 0 aromatic carbocycles. The van der Waals surface area contributed by atoms with E-state index in [1.165, 1.54) is 0 Å². The number of ether oxygens (including phenoxy) is 1. The third-order valence-electron chi connectivity index (χ3n) is 3.85. The van der Waals surface area contributed by atoms with E-state index >= 15 is 0 Å². The normalized spacial score (nSPS) is 27.5. The van der Waals surface area contributed by atoms with Gasteiger partial charge in [-0.05, 0) is 33.7 Å². The molecule has 21 heavy (non-hydrogen) atoms. The molecule has 2 aliphatic heterocycles. The number of piperazine rings is 1. The number of hydrogen-bond acceptors (Lipinski definition) is 4. The van der Waals surface area contributed by atoms with E-state index in [2.05, 4.69) is 5.32 Å². The minimum absolute atomic E-state index is 0.260. The second-order valence-electron chi connectivity index (χ2n) is 6.75. The van der Waals surface area contributed by atoms with Crippen molar-refractivity contribution in [3.63, 3.8) is 0 Å². The zero-order valence-corrected chi connectivity index (χ0v) is 13.0. The summed E-state index contributed by atoms with van der Waals surface area (Å²) >= 11 is 0. The molecule has 0 spiro atoms. The van der Waals surface area contributed by atoms with Crippen LogP contribution in [-0.2, 0) is 4.74 Å². The molecule has 0 radical (unpaired) electrons. The van der Waals surface area contributed by atoms with Gasteiger partial charge in [0.05, 0.1) is 12.6 Å². The summed E-state index contributed by atoms with van der Waals surface area (Å²) in [5.41, 5.74) is -0.531. The molecule has 1 N–H and O–H groups in total. The van der Waals surface area contributed by atoms with E-state index in [1.807, 2.05) is 25.7 Å². The molecule has 2 aliphatic rings. The van der Waals surface area contributed by atoms with E-state index in [0.717, 1.165) is 0 Å². The predicted octanol–water partition coefficient (Wildman–Crippen LogP) is 1.54. The number of nitrogens with one attached hydrogen (secondary N) is 1. The smallest absolute Gasteiger partial charge is 0.410 e. The van der Waals surface area contributed by atoms with Crippen LogP contribution < -0.4 is 5.32 Å². The van der Waals surface area contributed by atoms with Gasteiger partial charge in [-0.1, -0.05) is 0 Å². The Hall–Kier alpha value is -0.950. The molecule has 0 aromatic heterocycles. The maximum Gasteiger partial charge on any atom is 0.410 e. The molecule has 0 aromatic rings. The van der Waals surface area contributed by atoms with E-state index < -0.39 is 17.6 Å². The number of carbonyl (C=O) groups is 1. The van der Waals surface area contributed by atoms with Gasteiger partial charge in [-0.15, -0.1) is 0 Å². The first-order valence-electron chi connectivity index (χ1n) is 7.49. The molecular formula is C14H25F2N3O2. The quantitative estimate of drug-likeness (QED) is 0.798. The van der Waals surface area contributed by atoms with Gasteiger partial charge in [0.2, 0.25) is 0 Å². The molecule has 0 bridgehead atoms. The molecule has 0 saturated carbocycles. The molecule has 1 unspecified atom stereocenters.